The van der Waals surface area contributed by atoms with Crippen LogP contribution < -0.4 is 0 Å². The first kappa shape index (κ1) is 30.8. The highest BCUT2D eigenvalue weighted by atomic mass is 19.4. The molecule has 2 amide bonds. The van der Waals surface area contributed by atoms with E-state index in [0.29, 0.717) is 35.8 Å². The van der Waals surface area contributed by atoms with Gasteiger partial charge in [0.05, 0.1) is 6.04 Å². The molecule has 2 aliphatic rings. The number of hydroxylamine groups is 2. The van der Waals surface area contributed by atoms with Gasteiger partial charge in [0.15, 0.2) is 0 Å². The number of likely N-dealkylation sites (tertiary alicyclic amines) is 1. The third-order valence-corrected chi connectivity index (χ3v) is 8.04. The van der Waals surface area contributed by atoms with E-state index in [1.54, 1.807) is 12.1 Å². The summed E-state index contributed by atoms with van der Waals surface area (Å²) in [5.74, 6) is -2.21. The third kappa shape index (κ3) is 9.45. The number of hydrogen-bond donors (Lipinski definition) is 0. The van der Waals surface area contributed by atoms with Crippen LogP contribution in [0.3, 0.4) is 0 Å². The van der Waals surface area contributed by atoms with Gasteiger partial charge in [-0.2, -0.15) is 13.2 Å². The normalized spacial score (nSPS) is 17.3. The second-order valence-electron chi connectivity index (χ2n) is 11.2. The van der Waals surface area contributed by atoms with Crippen LogP contribution in [0.15, 0.2) is 54.6 Å². The van der Waals surface area contributed by atoms with Gasteiger partial charge in [0, 0.05) is 13.1 Å². The minimum absolute atomic E-state index is 0.0606. The Kier molecular flexibility index (Phi) is 11.0. The summed E-state index contributed by atoms with van der Waals surface area (Å²) in [6.07, 6.45) is 1.88. The predicted octanol–water partition coefficient (Wildman–Crippen LogP) is 6.75. The van der Waals surface area contributed by atoms with E-state index < -0.39 is 30.0 Å². The SMILES string of the molecule is O=C(N(CCCN1CCC(Cc2ccccc2)CC1)Cc1ccc(F)cc1)N(OC(=O)C(F)(F)F)C1CCCCC1. The number of amides is 2. The predicted molar refractivity (Wildman–Crippen MR) is 147 cm³/mol. The fraction of sp³-hybridized carbons (Fsp3) is 0.548. The van der Waals surface area contributed by atoms with Crippen molar-refractivity contribution >= 4 is 12.0 Å². The van der Waals surface area contributed by atoms with Crippen LogP contribution in [0.5, 0.6) is 0 Å². The van der Waals surface area contributed by atoms with Crippen molar-refractivity contribution in [2.75, 3.05) is 26.2 Å². The Morgan fingerprint density at radius 2 is 1.54 bits per heavy atom. The number of carbonyl (C=O) groups is 2. The molecule has 2 aromatic rings. The molecule has 1 saturated carbocycles. The van der Waals surface area contributed by atoms with Gasteiger partial charge in [-0.1, -0.05) is 61.7 Å². The van der Waals surface area contributed by atoms with Crippen LogP contribution in [0.1, 0.15) is 62.5 Å². The molecule has 0 aromatic heterocycles. The summed E-state index contributed by atoms with van der Waals surface area (Å²) < 4.78 is 52.9. The van der Waals surface area contributed by atoms with Gasteiger partial charge in [0.2, 0.25) is 0 Å². The lowest BCUT2D eigenvalue weighted by atomic mass is 9.90. The number of rotatable bonds is 9. The lowest BCUT2D eigenvalue weighted by Crippen LogP contribution is -2.51. The van der Waals surface area contributed by atoms with Gasteiger partial charge >= 0.3 is 18.2 Å². The van der Waals surface area contributed by atoms with E-state index in [1.807, 2.05) is 6.07 Å². The van der Waals surface area contributed by atoms with Gasteiger partial charge in [-0.3, -0.25) is 0 Å². The lowest BCUT2D eigenvalue weighted by Gasteiger charge is -2.36. The van der Waals surface area contributed by atoms with Gasteiger partial charge in [-0.05, 0) is 87.3 Å². The molecule has 2 aromatic carbocycles. The molecule has 0 bridgehead atoms. The quantitative estimate of drug-likeness (QED) is 0.245. The molecule has 0 spiro atoms. The topological polar surface area (TPSA) is 53.1 Å². The molecule has 0 radical (unpaired) electrons. The Hall–Kier alpha value is -3.14. The summed E-state index contributed by atoms with van der Waals surface area (Å²) >= 11 is 0. The average molecular weight is 578 g/mol. The van der Waals surface area contributed by atoms with E-state index in [0.717, 1.165) is 58.2 Å². The van der Waals surface area contributed by atoms with Crippen LogP contribution in [-0.2, 0) is 22.6 Å². The van der Waals surface area contributed by atoms with Crippen molar-refractivity contribution in [3.63, 3.8) is 0 Å². The van der Waals surface area contributed by atoms with E-state index in [9.17, 15) is 27.2 Å². The molecule has 2 fully saturated rings. The average Bonchev–Trinajstić information content (AvgIpc) is 2.97. The Morgan fingerprint density at radius 3 is 2.17 bits per heavy atom. The molecule has 6 nitrogen and oxygen atoms in total. The fourth-order valence-electron chi connectivity index (χ4n) is 5.77. The van der Waals surface area contributed by atoms with Gasteiger partial charge in [-0.15, -0.1) is 5.06 Å². The number of piperidine rings is 1. The van der Waals surface area contributed by atoms with Crippen molar-refractivity contribution in [2.24, 2.45) is 5.92 Å². The first-order valence-electron chi connectivity index (χ1n) is 14.6. The van der Waals surface area contributed by atoms with Crippen molar-refractivity contribution in [1.82, 2.24) is 14.9 Å². The van der Waals surface area contributed by atoms with E-state index in [4.69, 9.17) is 4.84 Å². The minimum atomic E-state index is -5.22. The van der Waals surface area contributed by atoms with Crippen molar-refractivity contribution in [1.29, 1.82) is 0 Å². The summed E-state index contributed by atoms with van der Waals surface area (Å²) in [4.78, 5) is 34.0. The number of nitrogens with zero attached hydrogens (tertiary/aromatic N) is 3. The minimum Gasteiger partial charge on any atom is -0.328 e. The smallest absolute Gasteiger partial charge is 0.328 e. The standard InChI is InChI=1S/C31H39F4N3O3/c32-27-14-12-26(13-15-27)23-37(30(40)38(28-10-5-2-6-11-28)41-29(39)31(33,34)35)19-7-18-36-20-16-25(17-21-36)22-24-8-3-1-4-9-24/h1,3-4,8-9,12-15,25,28H,2,5-7,10-11,16-23H2. The summed E-state index contributed by atoms with van der Waals surface area (Å²) in [7, 11) is 0. The third-order valence-electron chi connectivity index (χ3n) is 8.04. The molecule has 0 unspecified atom stereocenters. The molecule has 1 saturated heterocycles. The van der Waals surface area contributed by atoms with Crippen LogP contribution in [0.2, 0.25) is 0 Å². The zero-order chi connectivity index (χ0) is 29.2. The molecular formula is C31H39F4N3O3. The zero-order valence-electron chi connectivity index (χ0n) is 23.3. The first-order valence-corrected chi connectivity index (χ1v) is 14.6. The summed E-state index contributed by atoms with van der Waals surface area (Å²) in [6, 6.07) is 14.7. The number of alkyl halides is 3. The van der Waals surface area contributed by atoms with Crippen LogP contribution in [0.4, 0.5) is 22.4 Å². The van der Waals surface area contributed by atoms with Gasteiger partial charge < -0.3 is 14.6 Å². The van der Waals surface area contributed by atoms with E-state index in [-0.39, 0.29) is 13.1 Å². The number of carbonyl (C=O) groups excluding carboxylic acids is 2. The molecular weight excluding hydrogens is 538 g/mol. The largest absolute Gasteiger partial charge is 0.493 e. The maximum absolute atomic E-state index is 13.7. The monoisotopic (exact) mass is 577 g/mol. The highest BCUT2D eigenvalue weighted by Crippen LogP contribution is 2.27. The summed E-state index contributed by atoms with van der Waals surface area (Å²) in [5.41, 5.74) is 1.97. The molecule has 224 valence electrons. The fourth-order valence-corrected chi connectivity index (χ4v) is 5.77. The highest BCUT2D eigenvalue weighted by molar-refractivity contribution is 5.79. The molecule has 0 N–H and O–H groups in total. The van der Waals surface area contributed by atoms with Crippen LogP contribution in [0.25, 0.3) is 0 Å². The Morgan fingerprint density at radius 1 is 0.878 bits per heavy atom. The lowest BCUT2D eigenvalue weighted by molar-refractivity contribution is -0.236. The van der Waals surface area contributed by atoms with Crippen LogP contribution >= 0.6 is 0 Å². The molecule has 0 atom stereocenters. The van der Waals surface area contributed by atoms with Crippen molar-refractivity contribution in [3.8, 4) is 0 Å². The molecule has 1 heterocycles. The van der Waals surface area contributed by atoms with Crippen molar-refractivity contribution < 1.29 is 32.0 Å². The molecule has 10 heteroatoms. The Labute approximate surface area is 239 Å². The zero-order valence-corrected chi connectivity index (χ0v) is 23.3. The second-order valence-corrected chi connectivity index (χ2v) is 11.2. The number of halogens is 4. The Bertz CT molecular complexity index is 1100. The van der Waals surface area contributed by atoms with E-state index in [2.05, 4.69) is 29.2 Å². The van der Waals surface area contributed by atoms with Gasteiger partial charge in [0.25, 0.3) is 0 Å². The molecule has 4 rings (SSSR count). The maximum atomic E-state index is 13.7. The van der Waals surface area contributed by atoms with E-state index in [1.165, 1.54) is 22.6 Å². The molecule has 1 aliphatic carbocycles. The summed E-state index contributed by atoms with van der Waals surface area (Å²) in [6.45, 7) is 2.94. The van der Waals surface area contributed by atoms with Gasteiger partial charge in [0.1, 0.15) is 5.82 Å². The van der Waals surface area contributed by atoms with Crippen LogP contribution in [0, 0.1) is 11.7 Å². The Balaban J connectivity index is 1.39. The van der Waals surface area contributed by atoms with Crippen molar-refractivity contribution in [2.45, 2.75) is 76.6 Å². The second kappa shape index (κ2) is 14.7. The van der Waals surface area contributed by atoms with Crippen molar-refractivity contribution in [3.05, 3.63) is 71.5 Å². The number of benzene rings is 2. The van der Waals surface area contributed by atoms with E-state index >= 15 is 0 Å². The molecule has 41 heavy (non-hydrogen) atoms. The summed E-state index contributed by atoms with van der Waals surface area (Å²) in [5, 5.41) is 0.646. The maximum Gasteiger partial charge on any atom is 0.493 e. The molecule has 1 aliphatic heterocycles. The number of hydrogen-bond acceptors (Lipinski definition) is 4. The van der Waals surface area contributed by atoms with Crippen LogP contribution in [-0.4, -0.2) is 65.3 Å². The highest BCUT2D eigenvalue weighted by Gasteiger charge is 2.45. The first-order chi connectivity index (χ1) is 19.7. The number of urea groups is 1. The van der Waals surface area contributed by atoms with Gasteiger partial charge in [-0.25, -0.2) is 14.0 Å².